The lowest BCUT2D eigenvalue weighted by Gasteiger charge is -2.06. The van der Waals surface area contributed by atoms with Crippen LogP contribution in [0.2, 0.25) is 0 Å². The molecule has 0 aliphatic rings. The normalized spacial score (nSPS) is 11.1. The predicted octanol–water partition coefficient (Wildman–Crippen LogP) is 1.44. The maximum atomic E-state index is 11.6. The van der Waals surface area contributed by atoms with Crippen LogP contribution in [0.15, 0.2) is 33.5 Å². The summed E-state index contributed by atoms with van der Waals surface area (Å²) in [6, 6.07) is 7.27. The van der Waals surface area contributed by atoms with Gasteiger partial charge >= 0.3 is 5.63 Å². The highest BCUT2D eigenvalue weighted by atomic mass is 16.4. The van der Waals surface area contributed by atoms with Crippen molar-refractivity contribution in [2.75, 3.05) is 0 Å². The second kappa shape index (κ2) is 4.31. The first kappa shape index (κ1) is 11.6. The molecule has 0 aliphatic heterocycles. The molecule has 1 aromatic carbocycles. The molecular weight excluding hydrogens is 244 g/mol. The average molecular weight is 256 g/mol. The van der Waals surface area contributed by atoms with Gasteiger partial charge in [-0.2, -0.15) is 0 Å². The minimum Gasteiger partial charge on any atom is -0.423 e. The van der Waals surface area contributed by atoms with E-state index in [9.17, 15) is 4.79 Å². The molecule has 0 aliphatic carbocycles. The summed E-state index contributed by atoms with van der Waals surface area (Å²) >= 11 is 0. The van der Waals surface area contributed by atoms with Gasteiger partial charge in [0.15, 0.2) is 0 Å². The van der Waals surface area contributed by atoms with Gasteiger partial charge in [0, 0.05) is 11.5 Å². The highest BCUT2D eigenvalue weighted by Gasteiger charge is 2.08. The molecule has 0 unspecified atom stereocenters. The lowest BCUT2D eigenvalue weighted by Crippen LogP contribution is -2.08. The molecule has 0 fully saturated rings. The van der Waals surface area contributed by atoms with Gasteiger partial charge in [0.05, 0.1) is 6.54 Å². The van der Waals surface area contributed by atoms with E-state index in [-0.39, 0.29) is 5.63 Å². The Morgan fingerprint density at radius 2 is 2.11 bits per heavy atom. The van der Waals surface area contributed by atoms with E-state index >= 15 is 0 Å². The van der Waals surface area contributed by atoms with Crippen molar-refractivity contribution in [2.24, 2.45) is 0 Å². The van der Waals surface area contributed by atoms with Crippen LogP contribution in [-0.2, 0) is 6.54 Å². The summed E-state index contributed by atoms with van der Waals surface area (Å²) in [6.07, 6.45) is 0. The molecule has 0 saturated carbocycles. The van der Waals surface area contributed by atoms with Crippen molar-refractivity contribution in [3.63, 3.8) is 0 Å². The number of fused-ring (bicyclic) bond motifs is 1. The molecular formula is C13H12N4O2. The Morgan fingerprint density at radius 1 is 1.26 bits per heavy atom. The van der Waals surface area contributed by atoms with E-state index in [0.29, 0.717) is 18.0 Å². The van der Waals surface area contributed by atoms with Crippen molar-refractivity contribution in [3.05, 3.63) is 51.6 Å². The van der Waals surface area contributed by atoms with E-state index in [1.807, 2.05) is 32.0 Å². The van der Waals surface area contributed by atoms with E-state index in [1.165, 1.54) is 6.07 Å². The molecule has 6 nitrogen and oxygen atoms in total. The third-order valence-corrected chi connectivity index (χ3v) is 3.02. The number of rotatable bonds is 2. The zero-order valence-electron chi connectivity index (χ0n) is 10.6. The topological polar surface area (TPSA) is 73.8 Å². The number of aromatic nitrogens is 4. The molecule has 6 heteroatoms. The quantitative estimate of drug-likeness (QED) is 0.649. The maximum Gasteiger partial charge on any atom is 0.336 e. The number of aryl methyl sites for hydroxylation is 2. The zero-order chi connectivity index (χ0) is 13.4. The zero-order valence-corrected chi connectivity index (χ0v) is 10.6. The highest BCUT2D eigenvalue weighted by molar-refractivity contribution is 5.80. The number of hydrogen-bond donors (Lipinski definition) is 0. The van der Waals surface area contributed by atoms with Crippen LogP contribution in [0.25, 0.3) is 11.0 Å². The molecule has 96 valence electrons. The molecule has 0 radical (unpaired) electrons. The summed E-state index contributed by atoms with van der Waals surface area (Å²) in [5, 5.41) is 12.2. The first-order valence-corrected chi connectivity index (χ1v) is 5.89. The summed E-state index contributed by atoms with van der Waals surface area (Å²) in [6.45, 7) is 4.22. The van der Waals surface area contributed by atoms with E-state index < -0.39 is 0 Å². The van der Waals surface area contributed by atoms with Gasteiger partial charge in [-0.3, -0.25) is 0 Å². The van der Waals surface area contributed by atoms with Gasteiger partial charge in [0.1, 0.15) is 11.4 Å². The maximum absolute atomic E-state index is 11.6. The van der Waals surface area contributed by atoms with Gasteiger partial charge < -0.3 is 4.42 Å². The standard InChI is InChI=1S/C13H12N4O2/c1-8-3-4-11-10(6-13(18)19-12(11)5-8)7-17-9(2)14-15-16-17/h3-6H,7H2,1-2H3. The number of benzene rings is 1. The van der Waals surface area contributed by atoms with Crippen LogP contribution in [-0.4, -0.2) is 20.2 Å². The van der Waals surface area contributed by atoms with Crippen LogP contribution in [0.1, 0.15) is 17.0 Å². The van der Waals surface area contributed by atoms with Gasteiger partial charge in [0.25, 0.3) is 0 Å². The Hall–Kier alpha value is -2.50. The van der Waals surface area contributed by atoms with E-state index in [0.717, 1.165) is 16.5 Å². The number of tetrazole rings is 1. The fourth-order valence-corrected chi connectivity index (χ4v) is 2.02. The van der Waals surface area contributed by atoms with Gasteiger partial charge in [-0.15, -0.1) is 5.10 Å². The summed E-state index contributed by atoms with van der Waals surface area (Å²) in [5.74, 6) is 0.702. The van der Waals surface area contributed by atoms with Crippen molar-refractivity contribution in [1.29, 1.82) is 0 Å². The minimum atomic E-state index is -0.362. The molecule has 0 amide bonds. The smallest absolute Gasteiger partial charge is 0.336 e. The molecule has 3 rings (SSSR count). The SMILES string of the molecule is Cc1ccc2c(Cn3nnnc3C)cc(=O)oc2c1. The lowest BCUT2D eigenvalue weighted by atomic mass is 10.1. The van der Waals surface area contributed by atoms with Crippen molar-refractivity contribution in [1.82, 2.24) is 20.2 Å². The Balaban J connectivity index is 2.18. The van der Waals surface area contributed by atoms with Gasteiger partial charge in [-0.1, -0.05) is 12.1 Å². The largest absolute Gasteiger partial charge is 0.423 e. The first-order chi connectivity index (χ1) is 9.13. The van der Waals surface area contributed by atoms with Gasteiger partial charge in [-0.25, -0.2) is 9.48 Å². The van der Waals surface area contributed by atoms with Crippen molar-refractivity contribution in [2.45, 2.75) is 20.4 Å². The molecule has 3 aromatic rings. The Morgan fingerprint density at radius 3 is 2.84 bits per heavy atom. The summed E-state index contributed by atoms with van der Waals surface area (Å²) in [4.78, 5) is 11.6. The Kier molecular flexibility index (Phi) is 2.63. The van der Waals surface area contributed by atoms with Crippen molar-refractivity contribution < 1.29 is 4.42 Å². The first-order valence-electron chi connectivity index (χ1n) is 5.89. The fourth-order valence-electron chi connectivity index (χ4n) is 2.02. The van der Waals surface area contributed by atoms with Crippen molar-refractivity contribution >= 4 is 11.0 Å². The predicted molar refractivity (Wildman–Crippen MR) is 68.9 cm³/mol. The van der Waals surface area contributed by atoms with Crippen LogP contribution < -0.4 is 5.63 Å². The second-order valence-corrected chi connectivity index (χ2v) is 4.47. The number of hydrogen-bond acceptors (Lipinski definition) is 5. The van der Waals surface area contributed by atoms with Crippen LogP contribution in [0, 0.1) is 13.8 Å². The second-order valence-electron chi connectivity index (χ2n) is 4.47. The van der Waals surface area contributed by atoms with Gasteiger partial charge in [-0.05, 0) is 41.5 Å². The Labute approximate surface area is 108 Å². The monoisotopic (exact) mass is 256 g/mol. The lowest BCUT2D eigenvalue weighted by molar-refractivity contribution is 0.554. The molecule has 2 aromatic heterocycles. The summed E-state index contributed by atoms with van der Waals surface area (Å²) < 4.78 is 6.86. The average Bonchev–Trinajstić information content (AvgIpc) is 2.74. The molecule has 0 saturated heterocycles. The van der Waals surface area contributed by atoms with Crippen molar-refractivity contribution in [3.8, 4) is 0 Å². The van der Waals surface area contributed by atoms with Crippen LogP contribution in [0.5, 0.6) is 0 Å². The van der Waals surface area contributed by atoms with E-state index in [2.05, 4.69) is 15.5 Å². The molecule has 0 spiro atoms. The van der Waals surface area contributed by atoms with Gasteiger partial charge in [0.2, 0.25) is 0 Å². The van der Waals surface area contributed by atoms with Crippen LogP contribution in [0.3, 0.4) is 0 Å². The molecule has 0 atom stereocenters. The third kappa shape index (κ3) is 2.12. The molecule has 2 heterocycles. The molecule has 19 heavy (non-hydrogen) atoms. The minimum absolute atomic E-state index is 0.362. The van der Waals surface area contributed by atoms with Crippen LogP contribution in [0.4, 0.5) is 0 Å². The number of nitrogens with zero attached hydrogens (tertiary/aromatic N) is 4. The van der Waals surface area contributed by atoms with E-state index in [1.54, 1.807) is 4.68 Å². The molecule has 0 bridgehead atoms. The highest BCUT2D eigenvalue weighted by Crippen LogP contribution is 2.19. The third-order valence-electron chi connectivity index (χ3n) is 3.02. The van der Waals surface area contributed by atoms with Crippen LogP contribution >= 0.6 is 0 Å². The Bertz CT molecular complexity index is 804. The molecule has 0 N–H and O–H groups in total. The fraction of sp³-hybridized carbons (Fsp3) is 0.231. The summed E-state index contributed by atoms with van der Waals surface area (Å²) in [7, 11) is 0. The summed E-state index contributed by atoms with van der Waals surface area (Å²) in [5.41, 5.74) is 2.13. The van der Waals surface area contributed by atoms with E-state index in [4.69, 9.17) is 4.42 Å².